The monoisotopic (exact) mass is 558 g/mol. The number of benzene rings is 3. The van der Waals surface area contributed by atoms with Gasteiger partial charge in [-0.25, -0.2) is 9.18 Å². The summed E-state index contributed by atoms with van der Waals surface area (Å²) in [6.07, 6.45) is 3.56. The van der Waals surface area contributed by atoms with E-state index in [4.69, 9.17) is 16.3 Å². The van der Waals surface area contributed by atoms with Crippen LogP contribution in [-0.4, -0.2) is 18.9 Å². The second-order valence-corrected chi connectivity index (χ2v) is 10.8. The van der Waals surface area contributed by atoms with Gasteiger partial charge in [0.2, 0.25) is 0 Å². The van der Waals surface area contributed by atoms with Crippen LogP contribution < -0.4 is 11.2 Å². The normalized spacial score (nSPS) is 14.1. The van der Waals surface area contributed by atoms with Crippen molar-refractivity contribution >= 4 is 22.4 Å². The smallest absolute Gasteiger partial charge is 0.350 e. The largest absolute Gasteiger partial charge is 0.369 e. The van der Waals surface area contributed by atoms with Gasteiger partial charge >= 0.3 is 5.69 Å². The van der Waals surface area contributed by atoms with E-state index in [1.165, 1.54) is 21.4 Å². The third-order valence-corrected chi connectivity index (χ3v) is 7.98. The molecular formula is C31H28ClFN4O3. The van der Waals surface area contributed by atoms with Crippen LogP contribution in [0.3, 0.4) is 0 Å². The number of halogens is 2. The summed E-state index contributed by atoms with van der Waals surface area (Å²) in [5.74, 6) is -0.0568. The Labute approximate surface area is 235 Å². The number of ether oxygens (including phenoxy) is 1. The quantitative estimate of drug-likeness (QED) is 0.237. The van der Waals surface area contributed by atoms with Gasteiger partial charge in [-0.3, -0.25) is 13.9 Å². The van der Waals surface area contributed by atoms with Gasteiger partial charge in [0, 0.05) is 18.1 Å². The van der Waals surface area contributed by atoms with Gasteiger partial charge in [0.15, 0.2) is 5.82 Å². The first-order valence-electron chi connectivity index (χ1n) is 13.3. The summed E-state index contributed by atoms with van der Waals surface area (Å²) in [5.41, 5.74) is 1.66. The van der Waals surface area contributed by atoms with Crippen LogP contribution in [0, 0.1) is 5.82 Å². The number of aromatic nitrogens is 4. The second-order valence-electron chi connectivity index (χ2n) is 10.4. The molecule has 0 spiro atoms. The van der Waals surface area contributed by atoms with E-state index in [1.807, 2.05) is 43.3 Å². The van der Waals surface area contributed by atoms with Crippen LogP contribution in [0.1, 0.15) is 43.6 Å². The van der Waals surface area contributed by atoms with Crippen molar-refractivity contribution in [3.63, 3.8) is 0 Å². The number of hydrogen-bond donors (Lipinski definition) is 0. The van der Waals surface area contributed by atoms with Gasteiger partial charge in [0.05, 0.1) is 17.3 Å². The summed E-state index contributed by atoms with van der Waals surface area (Å²) in [6.45, 7) is 5.02. The van der Waals surface area contributed by atoms with E-state index in [9.17, 15) is 14.0 Å². The van der Waals surface area contributed by atoms with E-state index in [2.05, 4.69) is 12.0 Å². The van der Waals surface area contributed by atoms with Crippen molar-refractivity contribution in [2.24, 2.45) is 0 Å². The number of para-hydroxylation sites is 1. The fraction of sp³-hybridized carbons (Fsp3) is 0.258. The zero-order chi connectivity index (χ0) is 28.0. The summed E-state index contributed by atoms with van der Waals surface area (Å²) in [7, 11) is 0. The van der Waals surface area contributed by atoms with Crippen LogP contribution in [0.5, 0.6) is 0 Å². The maximum absolute atomic E-state index is 14.8. The minimum atomic E-state index is -0.573. The highest BCUT2D eigenvalue weighted by Crippen LogP contribution is 2.49. The molecule has 6 rings (SSSR count). The molecule has 0 saturated heterocycles. The molecule has 0 N–H and O–H groups in total. The number of nitrogens with zero attached hydrogens (tertiary/aromatic N) is 4. The Balaban J connectivity index is 1.44. The molecule has 1 aliphatic rings. The molecule has 2 aromatic heterocycles. The molecule has 3 aromatic carbocycles. The van der Waals surface area contributed by atoms with E-state index in [0.29, 0.717) is 35.4 Å². The average Bonchev–Trinajstić information content (AvgIpc) is 3.62. The van der Waals surface area contributed by atoms with E-state index in [0.717, 1.165) is 24.0 Å². The number of fused-ring (bicyclic) bond motifs is 1. The lowest BCUT2D eigenvalue weighted by Crippen LogP contribution is -2.25. The molecule has 204 valence electrons. The number of pyridine rings is 1. The average molecular weight is 559 g/mol. The van der Waals surface area contributed by atoms with Crippen molar-refractivity contribution in [3.05, 3.63) is 122 Å². The fourth-order valence-electron chi connectivity index (χ4n) is 5.15. The molecule has 0 bridgehead atoms. The number of hydrogen-bond acceptors (Lipinski definition) is 4. The molecule has 7 nitrogen and oxygen atoms in total. The molecule has 9 heteroatoms. The van der Waals surface area contributed by atoms with Gasteiger partial charge in [-0.2, -0.15) is 4.68 Å². The Morgan fingerprint density at radius 3 is 2.48 bits per heavy atom. The molecule has 0 aliphatic heterocycles. The lowest BCUT2D eigenvalue weighted by atomic mass is 9.94. The first-order valence-corrected chi connectivity index (χ1v) is 13.6. The minimum Gasteiger partial charge on any atom is -0.369 e. The highest BCUT2D eigenvalue weighted by molar-refractivity contribution is 6.32. The second kappa shape index (κ2) is 10.2. The zero-order valence-electron chi connectivity index (χ0n) is 22.2. The maximum Gasteiger partial charge on any atom is 0.350 e. The van der Waals surface area contributed by atoms with Crippen LogP contribution >= 0.6 is 11.6 Å². The Hall–Kier alpha value is -4.01. The summed E-state index contributed by atoms with van der Waals surface area (Å²) in [5, 5.41) is 5.89. The predicted molar refractivity (Wildman–Crippen MR) is 153 cm³/mol. The molecule has 0 amide bonds. The third-order valence-electron chi connectivity index (χ3n) is 7.67. The van der Waals surface area contributed by atoms with Crippen molar-refractivity contribution in [1.82, 2.24) is 18.9 Å². The molecule has 5 aromatic rings. The molecule has 0 atom stereocenters. The lowest BCUT2D eigenvalue weighted by molar-refractivity contribution is 0.0989. The van der Waals surface area contributed by atoms with Crippen LogP contribution in [0.25, 0.3) is 22.1 Å². The summed E-state index contributed by atoms with van der Waals surface area (Å²) in [6, 6.07) is 19.4. The maximum atomic E-state index is 14.8. The molecule has 0 radical (unpaired) electrons. The van der Waals surface area contributed by atoms with Crippen molar-refractivity contribution in [2.45, 2.75) is 51.9 Å². The molecule has 40 heavy (non-hydrogen) atoms. The molecule has 2 heterocycles. The van der Waals surface area contributed by atoms with Crippen molar-refractivity contribution in [3.8, 4) is 11.4 Å². The first-order chi connectivity index (χ1) is 19.3. The summed E-state index contributed by atoms with van der Waals surface area (Å²) in [4.78, 5) is 27.0. The van der Waals surface area contributed by atoms with Crippen LogP contribution in [0.2, 0.25) is 5.02 Å². The van der Waals surface area contributed by atoms with E-state index in [-0.39, 0.29) is 34.0 Å². The SMILES string of the molecule is CCn1c(COCc2ccccc2)nn(-c2ccc3c(=O)n(-c4c(F)cccc4Cl)cc(C4(C)CC4)c3c2)c1=O. The standard InChI is InChI=1S/C31H28ClFN4O3/c1-3-35-27(19-40-18-20-8-5-4-6-9-20)34-37(30(35)39)21-12-13-22-23(16-21)24(31(2)14-15-31)17-36(29(22)38)28-25(32)10-7-11-26(28)33/h4-13,16-17H,3,14-15,18-19H2,1-2H3. The van der Waals surface area contributed by atoms with E-state index in [1.54, 1.807) is 29.0 Å². The van der Waals surface area contributed by atoms with Gasteiger partial charge in [0.1, 0.15) is 18.1 Å². The fourth-order valence-corrected chi connectivity index (χ4v) is 5.40. The van der Waals surface area contributed by atoms with Gasteiger partial charge in [-0.15, -0.1) is 5.10 Å². The molecular weight excluding hydrogens is 531 g/mol. The summed E-state index contributed by atoms with van der Waals surface area (Å²) >= 11 is 6.34. The zero-order valence-corrected chi connectivity index (χ0v) is 23.0. The van der Waals surface area contributed by atoms with Crippen molar-refractivity contribution < 1.29 is 9.13 Å². The highest BCUT2D eigenvalue weighted by Gasteiger charge is 2.41. The van der Waals surface area contributed by atoms with Crippen LogP contribution in [0.15, 0.2) is 82.5 Å². The molecule has 1 fully saturated rings. The highest BCUT2D eigenvalue weighted by atomic mass is 35.5. The Morgan fingerprint density at radius 1 is 1.00 bits per heavy atom. The Bertz CT molecular complexity index is 1830. The predicted octanol–water partition coefficient (Wildman–Crippen LogP) is 5.92. The topological polar surface area (TPSA) is 71.0 Å². The van der Waals surface area contributed by atoms with E-state index < -0.39 is 5.82 Å². The third kappa shape index (κ3) is 4.57. The van der Waals surface area contributed by atoms with Crippen molar-refractivity contribution in [1.29, 1.82) is 0 Å². The van der Waals surface area contributed by atoms with Gasteiger partial charge in [-0.05, 0) is 72.0 Å². The van der Waals surface area contributed by atoms with Crippen molar-refractivity contribution in [2.75, 3.05) is 0 Å². The lowest BCUT2D eigenvalue weighted by Gasteiger charge is -2.18. The summed E-state index contributed by atoms with van der Waals surface area (Å²) < 4.78 is 24.9. The van der Waals surface area contributed by atoms with Crippen LogP contribution in [-0.2, 0) is 29.9 Å². The van der Waals surface area contributed by atoms with Gasteiger partial charge < -0.3 is 4.74 Å². The molecule has 0 unspecified atom stereocenters. The first kappa shape index (κ1) is 26.2. The molecule has 1 saturated carbocycles. The van der Waals surface area contributed by atoms with Gasteiger partial charge in [-0.1, -0.05) is 54.9 Å². The minimum absolute atomic E-state index is 0.0312. The van der Waals surface area contributed by atoms with Gasteiger partial charge in [0.25, 0.3) is 5.56 Å². The van der Waals surface area contributed by atoms with Crippen LogP contribution in [0.4, 0.5) is 4.39 Å². The Morgan fingerprint density at radius 2 is 1.77 bits per heavy atom. The molecule has 1 aliphatic carbocycles. The van der Waals surface area contributed by atoms with E-state index >= 15 is 0 Å². The Kier molecular flexibility index (Phi) is 6.68. The number of rotatable bonds is 8.